The first-order valence-electron chi connectivity index (χ1n) is 5.61. The first-order chi connectivity index (χ1) is 8.52. The van der Waals surface area contributed by atoms with Crippen LogP contribution < -0.4 is 5.73 Å². The second-order valence-electron chi connectivity index (χ2n) is 4.12. The van der Waals surface area contributed by atoms with E-state index in [1.807, 2.05) is 12.1 Å². The fourth-order valence-electron chi connectivity index (χ4n) is 1.49. The summed E-state index contributed by atoms with van der Waals surface area (Å²) in [5, 5.41) is 3.99. The Kier molecular flexibility index (Phi) is 4.07. The SMILES string of the molecule is CCC(C)c1noc(-c2cc(Br)cc(Br)c2N)n1. The lowest BCUT2D eigenvalue weighted by Gasteiger charge is -2.04. The second kappa shape index (κ2) is 5.40. The van der Waals surface area contributed by atoms with Gasteiger partial charge in [0.25, 0.3) is 5.89 Å². The Morgan fingerprint density at radius 1 is 1.39 bits per heavy atom. The smallest absolute Gasteiger partial charge is 0.260 e. The van der Waals surface area contributed by atoms with Crippen LogP contribution in [0.3, 0.4) is 0 Å². The summed E-state index contributed by atoms with van der Waals surface area (Å²) in [5.41, 5.74) is 7.34. The Labute approximate surface area is 122 Å². The number of nitrogens with zero attached hydrogens (tertiary/aromatic N) is 2. The van der Waals surface area contributed by atoms with Crippen molar-refractivity contribution in [2.24, 2.45) is 0 Å². The molecule has 0 spiro atoms. The molecular weight excluding hydrogens is 362 g/mol. The maximum absolute atomic E-state index is 6.01. The van der Waals surface area contributed by atoms with Gasteiger partial charge in [-0.15, -0.1) is 0 Å². The van der Waals surface area contributed by atoms with Crippen molar-refractivity contribution < 1.29 is 4.52 Å². The molecule has 2 aromatic rings. The molecule has 18 heavy (non-hydrogen) atoms. The van der Waals surface area contributed by atoms with Gasteiger partial charge < -0.3 is 10.3 Å². The Bertz CT molecular complexity index is 568. The number of hydrogen-bond donors (Lipinski definition) is 1. The van der Waals surface area contributed by atoms with Crippen LogP contribution in [0, 0.1) is 0 Å². The van der Waals surface area contributed by atoms with Crippen LogP contribution >= 0.6 is 31.9 Å². The molecule has 1 unspecified atom stereocenters. The van der Waals surface area contributed by atoms with Gasteiger partial charge in [0.1, 0.15) is 0 Å². The lowest BCUT2D eigenvalue weighted by Crippen LogP contribution is -1.95. The zero-order valence-corrected chi connectivity index (χ0v) is 13.2. The fraction of sp³-hybridized carbons (Fsp3) is 0.333. The molecule has 0 bridgehead atoms. The Balaban J connectivity index is 2.46. The van der Waals surface area contributed by atoms with Crippen LogP contribution in [0.25, 0.3) is 11.5 Å². The lowest BCUT2D eigenvalue weighted by atomic mass is 10.1. The van der Waals surface area contributed by atoms with Crippen LogP contribution in [0.15, 0.2) is 25.6 Å². The molecule has 0 radical (unpaired) electrons. The minimum absolute atomic E-state index is 0.277. The minimum Gasteiger partial charge on any atom is -0.397 e. The van der Waals surface area contributed by atoms with Crippen molar-refractivity contribution in [3.63, 3.8) is 0 Å². The molecule has 1 aromatic heterocycles. The number of nitrogens with two attached hydrogens (primary N) is 1. The molecule has 0 fully saturated rings. The third-order valence-corrected chi connectivity index (χ3v) is 3.93. The molecule has 6 heteroatoms. The standard InChI is InChI=1S/C12H13Br2N3O/c1-3-6(2)11-16-12(18-17-11)8-4-7(13)5-9(14)10(8)15/h4-6H,3,15H2,1-2H3. The predicted molar refractivity (Wildman–Crippen MR) is 78.3 cm³/mol. The first-order valence-corrected chi connectivity index (χ1v) is 7.20. The molecule has 1 heterocycles. The molecule has 0 aliphatic rings. The summed E-state index contributed by atoms with van der Waals surface area (Å²) in [6, 6.07) is 3.75. The van der Waals surface area contributed by atoms with Gasteiger partial charge in [0.05, 0.1) is 11.3 Å². The van der Waals surface area contributed by atoms with Gasteiger partial charge in [-0.3, -0.25) is 0 Å². The monoisotopic (exact) mass is 373 g/mol. The summed E-state index contributed by atoms with van der Waals surface area (Å²) >= 11 is 6.82. The lowest BCUT2D eigenvalue weighted by molar-refractivity contribution is 0.416. The number of hydrogen-bond acceptors (Lipinski definition) is 4. The predicted octanol–water partition coefficient (Wildman–Crippen LogP) is 4.36. The van der Waals surface area contributed by atoms with E-state index in [1.165, 1.54) is 0 Å². The fourth-order valence-corrected chi connectivity index (χ4v) is 2.71. The zero-order chi connectivity index (χ0) is 13.3. The molecule has 96 valence electrons. The average molecular weight is 375 g/mol. The molecule has 0 aliphatic heterocycles. The van der Waals surface area contributed by atoms with Gasteiger partial charge in [0.2, 0.25) is 0 Å². The highest BCUT2D eigenvalue weighted by Crippen LogP contribution is 2.34. The summed E-state index contributed by atoms with van der Waals surface area (Å²) in [6.07, 6.45) is 0.969. The molecule has 0 amide bonds. The van der Waals surface area contributed by atoms with Crippen molar-refractivity contribution in [1.82, 2.24) is 10.1 Å². The molecule has 2 rings (SSSR count). The molecule has 1 atom stereocenters. The van der Waals surface area contributed by atoms with E-state index in [9.17, 15) is 0 Å². The molecule has 0 aliphatic carbocycles. The summed E-state index contributed by atoms with van der Waals surface area (Å²) in [4.78, 5) is 4.39. The van der Waals surface area contributed by atoms with Gasteiger partial charge in [-0.2, -0.15) is 4.98 Å². The van der Waals surface area contributed by atoms with Gasteiger partial charge in [0, 0.05) is 14.9 Å². The largest absolute Gasteiger partial charge is 0.397 e. The molecular formula is C12H13Br2N3O. The zero-order valence-electron chi connectivity index (χ0n) is 10.1. The maximum Gasteiger partial charge on any atom is 0.260 e. The van der Waals surface area contributed by atoms with E-state index in [-0.39, 0.29) is 5.92 Å². The number of nitrogen functional groups attached to an aromatic ring is 1. The van der Waals surface area contributed by atoms with Gasteiger partial charge in [0.15, 0.2) is 5.82 Å². The van der Waals surface area contributed by atoms with Crippen molar-refractivity contribution in [3.05, 3.63) is 26.9 Å². The van der Waals surface area contributed by atoms with Crippen LogP contribution in [0.5, 0.6) is 0 Å². The average Bonchev–Trinajstić information content (AvgIpc) is 2.82. The summed E-state index contributed by atoms with van der Waals surface area (Å²) in [7, 11) is 0. The summed E-state index contributed by atoms with van der Waals surface area (Å²) in [5.74, 6) is 1.44. The van der Waals surface area contributed by atoms with Crippen molar-refractivity contribution in [2.75, 3.05) is 5.73 Å². The third kappa shape index (κ3) is 2.59. The van der Waals surface area contributed by atoms with E-state index < -0.39 is 0 Å². The molecule has 1 aromatic carbocycles. The summed E-state index contributed by atoms with van der Waals surface area (Å²) < 4.78 is 6.99. The second-order valence-corrected chi connectivity index (χ2v) is 5.89. The first kappa shape index (κ1) is 13.5. The van der Waals surface area contributed by atoms with E-state index in [2.05, 4.69) is 55.8 Å². The number of anilines is 1. The van der Waals surface area contributed by atoms with Gasteiger partial charge >= 0.3 is 0 Å². The Morgan fingerprint density at radius 2 is 2.11 bits per heavy atom. The van der Waals surface area contributed by atoms with Crippen LogP contribution in [0.4, 0.5) is 5.69 Å². The quantitative estimate of drug-likeness (QED) is 0.810. The third-order valence-electron chi connectivity index (χ3n) is 2.82. The minimum atomic E-state index is 0.277. The van der Waals surface area contributed by atoms with E-state index >= 15 is 0 Å². The van der Waals surface area contributed by atoms with Crippen molar-refractivity contribution in [1.29, 1.82) is 0 Å². The van der Waals surface area contributed by atoms with E-state index in [0.29, 0.717) is 17.4 Å². The van der Waals surface area contributed by atoms with Crippen LogP contribution in [0.1, 0.15) is 32.0 Å². The van der Waals surface area contributed by atoms with E-state index in [1.54, 1.807) is 0 Å². The van der Waals surface area contributed by atoms with Crippen LogP contribution in [-0.4, -0.2) is 10.1 Å². The molecule has 0 saturated carbocycles. The molecule has 2 N–H and O–H groups in total. The van der Waals surface area contributed by atoms with Crippen molar-refractivity contribution >= 4 is 37.5 Å². The normalized spacial score (nSPS) is 12.7. The molecule has 0 saturated heterocycles. The Hall–Kier alpha value is -0.880. The van der Waals surface area contributed by atoms with Crippen molar-refractivity contribution in [2.45, 2.75) is 26.2 Å². The number of benzene rings is 1. The van der Waals surface area contributed by atoms with Crippen molar-refractivity contribution in [3.8, 4) is 11.5 Å². The highest BCUT2D eigenvalue weighted by Gasteiger charge is 2.17. The number of aromatic nitrogens is 2. The van der Waals surface area contributed by atoms with Gasteiger partial charge in [-0.05, 0) is 34.5 Å². The molecule has 4 nitrogen and oxygen atoms in total. The highest BCUT2D eigenvalue weighted by molar-refractivity contribution is 9.11. The van der Waals surface area contributed by atoms with Gasteiger partial charge in [-0.25, -0.2) is 0 Å². The maximum atomic E-state index is 6.01. The van der Waals surface area contributed by atoms with E-state index in [4.69, 9.17) is 10.3 Å². The number of halogens is 2. The van der Waals surface area contributed by atoms with E-state index in [0.717, 1.165) is 20.9 Å². The highest BCUT2D eigenvalue weighted by atomic mass is 79.9. The topological polar surface area (TPSA) is 64.9 Å². The Morgan fingerprint density at radius 3 is 2.78 bits per heavy atom. The number of rotatable bonds is 3. The summed E-state index contributed by atoms with van der Waals surface area (Å²) in [6.45, 7) is 4.15. The van der Waals surface area contributed by atoms with Crippen LogP contribution in [-0.2, 0) is 0 Å². The van der Waals surface area contributed by atoms with Crippen LogP contribution in [0.2, 0.25) is 0 Å². The van der Waals surface area contributed by atoms with Gasteiger partial charge in [-0.1, -0.05) is 34.9 Å².